The van der Waals surface area contributed by atoms with Crippen molar-refractivity contribution in [2.24, 2.45) is 0 Å². The number of nitrogens with zero attached hydrogens (tertiary/aromatic N) is 2. The standard InChI is InChI=1S/C19H25N3O3/c1-13-17(14(2)25-21-13)12-22-10-8-15(9-11-22)20-19(23)16-6-4-5-7-18(16)24-3/h4-7,15H,8-12H2,1-3H3,(H,20,23). The summed E-state index contributed by atoms with van der Waals surface area (Å²) in [6, 6.07) is 7.51. The number of aromatic nitrogens is 1. The van der Waals surface area contributed by atoms with Crippen molar-refractivity contribution in [2.75, 3.05) is 20.2 Å². The Hall–Kier alpha value is -2.34. The van der Waals surface area contributed by atoms with Gasteiger partial charge in [0.2, 0.25) is 0 Å². The van der Waals surface area contributed by atoms with E-state index in [1.54, 1.807) is 19.2 Å². The Morgan fingerprint density at radius 2 is 2.04 bits per heavy atom. The fraction of sp³-hybridized carbons (Fsp3) is 0.474. The maximum Gasteiger partial charge on any atom is 0.255 e. The van der Waals surface area contributed by atoms with E-state index in [0.717, 1.165) is 43.9 Å². The molecule has 1 aromatic carbocycles. The minimum Gasteiger partial charge on any atom is -0.496 e. The number of likely N-dealkylation sites (tertiary alicyclic amines) is 1. The highest BCUT2D eigenvalue weighted by molar-refractivity contribution is 5.97. The Morgan fingerprint density at radius 1 is 1.32 bits per heavy atom. The summed E-state index contributed by atoms with van der Waals surface area (Å²) in [5.74, 6) is 1.43. The zero-order chi connectivity index (χ0) is 17.8. The third kappa shape index (κ3) is 4.02. The minimum absolute atomic E-state index is 0.0679. The second-order valence-corrected chi connectivity index (χ2v) is 6.53. The Labute approximate surface area is 148 Å². The number of methoxy groups -OCH3 is 1. The van der Waals surface area contributed by atoms with Gasteiger partial charge >= 0.3 is 0 Å². The van der Waals surface area contributed by atoms with Crippen LogP contribution >= 0.6 is 0 Å². The average molecular weight is 343 g/mol. The number of rotatable bonds is 5. The molecule has 1 aromatic heterocycles. The summed E-state index contributed by atoms with van der Waals surface area (Å²) in [7, 11) is 1.58. The summed E-state index contributed by atoms with van der Waals surface area (Å²) in [6.07, 6.45) is 1.87. The Bertz CT molecular complexity index is 714. The molecule has 6 heteroatoms. The van der Waals surface area contributed by atoms with Crippen LogP contribution in [0.15, 0.2) is 28.8 Å². The van der Waals surface area contributed by atoms with E-state index in [0.29, 0.717) is 11.3 Å². The third-order valence-electron chi connectivity index (χ3n) is 4.84. The first-order valence-electron chi connectivity index (χ1n) is 8.66. The first-order valence-corrected chi connectivity index (χ1v) is 8.66. The predicted molar refractivity (Wildman–Crippen MR) is 94.7 cm³/mol. The lowest BCUT2D eigenvalue weighted by molar-refractivity contribution is 0.0906. The van der Waals surface area contributed by atoms with Crippen molar-refractivity contribution in [1.82, 2.24) is 15.4 Å². The number of carbonyl (C=O) groups excluding carboxylic acids is 1. The molecule has 1 aliphatic rings. The van der Waals surface area contributed by atoms with Crippen molar-refractivity contribution in [2.45, 2.75) is 39.3 Å². The van der Waals surface area contributed by atoms with E-state index < -0.39 is 0 Å². The van der Waals surface area contributed by atoms with E-state index in [4.69, 9.17) is 9.26 Å². The highest BCUT2D eigenvalue weighted by Gasteiger charge is 2.23. The molecule has 1 fully saturated rings. The number of nitrogens with one attached hydrogen (secondary N) is 1. The number of ether oxygens (including phenoxy) is 1. The van der Waals surface area contributed by atoms with Gasteiger partial charge in [0.1, 0.15) is 11.5 Å². The summed E-state index contributed by atoms with van der Waals surface area (Å²) in [4.78, 5) is 14.9. The largest absolute Gasteiger partial charge is 0.496 e. The van der Waals surface area contributed by atoms with Gasteiger partial charge in [0.05, 0.1) is 18.4 Å². The molecule has 0 radical (unpaired) electrons. The summed E-state index contributed by atoms with van der Waals surface area (Å²) in [5, 5.41) is 7.15. The highest BCUT2D eigenvalue weighted by Crippen LogP contribution is 2.20. The minimum atomic E-state index is -0.0679. The number of carbonyl (C=O) groups is 1. The molecule has 3 rings (SSSR count). The maximum atomic E-state index is 12.5. The second-order valence-electron chi connectivity index (χ2n) is 6.53. The van der Waals surface area contributed by atoms with Crippen molar-refractivity contribution in [3.05, 3.63) is 46.8 Å². The molecule has 1 N–H and O–H groups in total. The zero-order valence-corrected chi connectivity index (χ0v) is 15.0. The lowest BCUT2D eigenvalue weighted by Gasteiger charge is -2.32. The summed E-state index contributed by atoms with van der Waals surface area (Å²) in [6.45, 7) is 6.68. The van der Waals surface area contributed by atoms with Gasteiger partial charge in [-0.2, -0.15) is 0 Å². The molecule has 0 atom stereocenters. The van der Waals surface area contributed by atoms with Crippen molar-refractivity contribution in [3.8, 4) is 5.75 Å². The first kappa shape index (κ1) is 17.5. The number of hydrogen-bond donors (Lipinski definition) is 1. The van der Waals surface area contributed by atoms with Gasteiger partial charge in [-0.3, -0.25) is 9.69 Å². The van der Waals surface area contributed by atoms with Crippen LogP contribution in [0, 0.1) is 13.8 Å². The van der Waals surface area contributed by atoms with Crippen molar-refractivity contribution in [3.63, 3.8) is 0 Å². The monoisotopic (exact) mass is 343 g/mol. The third-order valence-corrected chi connectivity index (χ3v) is 4.84. The van der Waals surface area contributed by atoms with E-state index in [1.165, 1.54) is 5.56 Å². The van der Waals surface area contributed by atoms with Crippen molar-refractivity contribution >= 4 is 5.91 Å². The number of hydrogen-bond acceptors (Lipinski definition) is 5. The Balaban J connectivity index is 1.53. The molecule has 0 bridgehead atoms. The molecular weight excluding hydrogens is 318 g/mol. The van der Waals surface area contributed by atoms with Crippen molar-refractivity contribution in [1.29, 1.82) is 0 Å². The fourth-order valence-corrected chi connectivity index (χ4v) is 3.28. The first-order chi connectivity index (χ1) is 12.1. The summed E-state index contributed by atoms with van der Waals surface area (Å²) >= 11 is 0. The summed E-state index contributed by atoms with van der Waals surface area (Å²) < 4.78 is 10.5. The molecular formula is C19H25N3O3. The van der Waals surface area contributed by atoms with Crippen LogP contribution in [0.2, 0.25) is 0 Å². The summed E-state index contributed by atoms with van der Waals surface area (Å²) in [5.41, 5.74) is 2.73. The number of benzene rings is 1. The van der Waals surface area contributed by atoms with Crippen LogP contribution in [-0.4, -0.2) is 42.2 Å². The van der Waals surface area contributed by atoms with Crippen LogP contribution in [0.4, 0.5) is 0 Å². The van der Waals surface area contributed by atoms with Gasteiger partial charge in [-0.1, -0.05) is 17.3 Å². The Kier molecular flexibility index (Phi) is 5.38. The fourth-order valence-electron chi connectivity index (χ4n) is 3.28. The molecule has 0 spiro atoms. The van der Waals surface area contributed by atoms with Crippen LogP contribution in [0.3, 0.4) is 0 Å². The van der Waals surface area contributed by atoms with Gasteiger partial charge in [0.25, 0.3) is 5.91 Å². The van der Waals surface area contributed by atoms with E-state index in [1.807, 2.05) is 26.0 Å². The molecule has 25 heavy (non-hydrogen) atoms. The predicted octanol–water partition coefficient (Wildman–Crippen LogP) is 2.69. The van der Waals surface area contributed by atoms with E-state index in [-0.39, 0.29) is 11.9 Å². The molecule has 0 aliphatic carbocycles. The van der Waals surface area contributed by atoms with Gasteiger partial charge in [-0.05, 0) is 38.8 Å². The number of amides is 1. The molecule has 1 aliphatic heterocycles. The molecule has 6 nitrogen and oxygen atoms in total. The van der Waals surface area contributed by atoms with Gasteiger partial charge in [-0.25, -0.2) is 0 Å². The van der Waals surface area contributed by atoms with Gasteiger partial charge in [-0.15, -0.1) is 0 Å². The van der Waals surface area contributed by atoms with Crippen LogP contribution in [0.1, 0.15) is 40.2 Å². The van der Waals surface area contributed by atoms with Crippen LogP contribution in [0.5, 0.6) is 5.75 Å². The molecule has 2 aromatic rings. The number of para-hydroxylation sites is 1. The van der Waals surface area contributed by atoms with E-state index in [9.17, 15) is 4.79 Å². The van der Waals surface area contributed by atoms with Crippen LogP contribution in [0.25, 0.3) is 0 Å². The number of aryl methyl sites for hydroxylation is 2. The smallest absolute Gasteiger partial charge is 0.255 e. The second kappa shape index (κ2) is 7.70. The van der Waals surface area contributed by atoms with Crippen molar-refractivity contribution < 1.29 is 14.1 Å². The van der Waals surface area contributed by atoms with Gasteiger partial charge < -0.3 is 14.6 Å². The quantitative estimate of drug-likeness (QED) is 0.904. The maximum absolute atomic E-state index is 12.5. The highest BCUT2D eigenvalue weighted by atomic mass is 16.5. The Morgan fingerprint density at radius 3 is 2.68 bits per heavy atom. The van der Waals surface area contributed by atoms with Gasteiger partial charge in [0.15, 0.2) is 0 Å². The topological polar surface area (TPSA) is 67.6 Å². The normalized spacial score (nSPS) is 16.0. The SMILES string of the molecule is COc1ccccc1C(=O)NC1CCN(Cc2c(C)noc2C)CC1. The van der Waals surface area contributed by atoms with Gasteiger partial charge in [0, 0.05) is 31.2 Å². The average Bonchev–Trinajstić information content (AvgIpc) is 2.95. The molecule has 1 saturated heterocycles. The lowest BCUT2D eigenvalue weighted by atomic mass is 10.0. The molecule has 2 heterocycles. The molecule has 134 valence electrons. The van der Waals surface area contributed by atoms with Crippen LogP contribution in [-0.2, 0) is 6.54 Å². The van der Waals surface area contributed by atoms with E-state index >= 15 is 0 Å². The number of piperidine rings is 1. The molecule has 0 unspecified atom stereocenters. The zero-order valence-electron chi connectivity index (χ0n) is 15.0. The molecule has 1 amide bonds. The molecule has 0 saturated carbocycles. The lowest BCUT2D eigenvalue weighted by Crippen LogP contribution is -2.44. The van der Waals surface area contributed by atoms with Crippen LogP contribution < -0.4 is 10.1 Å². The van der Waals surface area contributed by atoms with E-state index in [2.05, 4.69) is 15.4 Å².